The first-order valence-corrected chi connectivity index (χ1v) is 7.13. The number of aromatic nitrogens is 3. The standard InChI is InChI=1S/C15H16N4O3/c20-13-3-1-2-6-19(13)18-15(21)12-9-16-14(17-10-12)11-4-7-22-8-5-11/h1-3,6,9-11H,4-5,7-8H2,(H,18,21). The maximum atomic E-state index is 12.1. The highest BCUT2D eigenvalue weighted by atomic mass is 16.5. The molecule has 1 amide bonds. The minimum Gasteiger partial charge on any atom is -0.381 e. The summed E-state index contributed by atoms with van der Waals surface area (Å²) in [6.07, 6.45) is 6.25. The molecule has 0 spiro atoms. The highest BCUT2D eigenvalue weighted by molar-refractivity contribution is 5.99. The van der Waals surface area contributed by atoms with Crippen LogP contribution in [0.4, 0.5) is 0 Å². The Bertz CT molecular complexity index is 705. The van der Waals surface area contributed by atoms with Crippen LogP contribution < -0.4 is 11.0 Å². The van der Waals surface area contributed by atoms with Gasteiger partial charge in [0.15, 0.2) is 0 Å². The van der Waals surface area contributed by atoms with E-state index in [-0.39, 0.29) is 11.5 Å². The van der Waals surface area contributed by atoms with Crippen LogP contribution in [0.15, 0.2) is 41.6 Å². The Balaban J connectivity index is 1.71. The molecule has 0 aliphatic carbocycles. The third-order valence-electron chi connectivity index (χ3n) is 3.56. The topological polar surface area (TPSA) is 86.1 Å². The second-order valence-corrected chi connectivity index (χ2v) is 5.07. The van der Waals surface area contributed by atoms with Crippen molar-refractivity contribution in [1.29, 1.82) is 0 Å². The van der Waals surface area contributed by atoms with Crippen molar-refractivity contribution in [3.05, 3.63) is 58.5 Å². The summed E-state index contributed by atoms with van der Waals surface area (Å²) in [6.45, 7) is 1.43. The second kappa shape index (κ2) is 6.48. The highest BCUT2D eigenvalue weighted by Crippen LogP contribution is 2.23. The van der Waals surface area contributed by atoms with Gasteiger partial charge in [0.25, 0.3) is 11.5 Å². The van der Waals surface area contributed by atoms with Crippen LogP contribution in [0.5, 0.6) is 0 Å². The van der Waals surface area contributed by atoms with E-state index in [0.29, 0.717) is 18.8 Å². The van der Waals surface area contributed by atoms with Crippen molar-refractivity contribution in [2.45, 2.75) is 18.8 Å². The lowest BCUT2D eigenvalue weighted by molar-refractivity contribution is 0.0835. The first-order valence-electron chi connectivity index (χ1n) is 7.13. The van der Waals surface area contributed by atoms with Crippen LogP contribution in [-0.2, 0) is 4.74 Å². The van der Waals surface area contributed by atoms with Gasteiger partial charge in [0.05, 0.1) is 5.56 Å². The molecule has 22 heavy (non-hydrogen) atoms. The zero-order valence-corrected chi connectivity index (χ0v) is 11.9. The van der Waals surface area contributed by atoms with Crippen LogP contribution in [0.1, 0.15) is 34.9 Å². The van der Waals surface area contributed by atoms with E-state index in [4.69, 9.17) is 4.74 Å². The average Bonchev–Trinajstić information content (AvgIpc) is 2.58. The summed E-state index contributed by atoms with van der Waals surface area (Å²) < 4.78 is 6.43. The number of carbonyl (C=O) groups excluding carboxylic acids is 1. The summed E-state index contributed by atoms with van der Waals surface area (Å²) >= 11 is 0. The van der Waals surface area contributed by atoms with Gasteiger partial charge in [0.1, 0.15) is 5.82 Å². The summed E-state index contributed by atoms with van der Waals surface area (Å²) in [6, 6.07) is 4.63. The molecule has 3 rings (SSSR count). The Hall–Kier alpha value is -2.54. The molecule has 1 saturated heterocycles. The minimum atomic E-state index is -0.424. The van der Waals surface area contributed by atoms with Crippen LogP contribution in [-0.4, -0.2) is 33.8 Å². The predicted molar refractivity (Wildman–Crippen MR) is 79.2 cm³/mol. The molecule has 2 aromatic rings. The Kier molecular flexibility index (Phi) is 4.24. The number of hydrogen-bond acceptors (Lipinski definition) is 5. The average molecular weight is 300 g/mol. The molecule has 2 aromatic heterocycles. The number of ether oxygens (including phenoxy) is 1. The van der Waals surface area contributed by atoms with E-state index < -0.39 is 5.91 Å². The van der Waals surface area contributed by atoms with Gasteiger partial charge in [-0.2, -0.15) is 0 Å². The van der Waals surface area contributed by atoms with E-state index >= 15 is 0 Å². The van der Waals surface area contributed by atoms with Gasteiger partial charge in [-0.25, -0.2) is 14.6 Å². The molecule has 0 aromatic carbocycles. The fourth-order valence-corrected chi connectivity index (χ4v) is 2.32. The number of nitrogens with one attached hydrogen (secondary N) is 1. The van der Waals surface area contributed by atoms with Gasteiger partial charge in [-0.15, -0.1) is 0 Å². The van der Waals surface area contributed by atoms with E-state index in [1.54, 1.807) is 12.1 Å². The summed E-state index contributed by atoms with van der Waals surface area (Å²) in [7, 11) is 0. The molecule has 1 aliphatic rings. The maximum absolute atomic E-state index is 12.1. The van der Waals surface area contributed by atoms with Gasteiger partial charge in [0.2, 0.25) is 0 Å². The van der Waals surface area contributed by atoms with Gasteiger partial charge < -0.3 is 4.74 Å². The van der Waals surface area contributed by atoms with E-state index in [0.717, 1.165) is 23.3 Å². The van der Waals surface area contributed by atoms with E-state index in [1.807, 2.05) is 0 Å². The first kappa shape index (κ1) is 14.4. The number of nitrogens with zero attached hydrogens (tertiary/aromatic N) is 3. The molecule has 0 saturated carbocycles. The monoisotopic (exact) mass is 300 g/mol. The summed E-state index contributed by atoms with van der Waals surface area (Å²) in [5, 5.41) is 0. The second-order valence-electron chi connectivity index (χ2n) is 5.07. The molecule has 0 atom stereocenters. The minimum absolute atomic E-state index is 0.280. The number of pyridine rings is 1. The van der Waals surface area contributed by atoms with Crippen molar-refractivity contribution in [3.63, 3.8) is 0 Å². The van der Waals surface area contributed by atoms with Gasteiger partial charge in [0, 0.05) is 43.8 Å². The zero-order valence-electron chi connectivity index (χ0n) is 11.9. The van der Waals surface area contributed by atoms with Gasteiger partial charge in [-0.3, -0.25) is 15.0 Å². The maximum Gasteiger partial charge on any atom is 0.273 e. The number of rotatable bonds is 3. The molecule has 0 unspecified atom stereocenters. The van der Waals surface area contributed by atoms with Crippen molar-refractivity contribution in [3.8, 4) is 0 Å². The molecule has 1 aliphatic heterocycles. The molecule has 1 fully saturated rings. The van der Waals surface area contributed by atoms with Crippen molar-refractivity contribution >= 4 is 5.91 Å². The fraction of sp³-hybridized carbons (Fsp3) is 0.333. The first-order chi connectivity index (χ1) is 10.7. The lowest BCUT2D eigenvalue weighted by Gasteiger charge is -2.20. The van der Waals surface area contributed by atoms with Crippen molar-refractivity contribution in [1.82, 2.24) is 14.6 Å². The Labute approximate surface area is 126 Å². The Morgan fingerprint density at radius 2 is 1.95 bits per heavy atom. The molecular formula is C15H16N4O3. The van der Waals surface area contributed by atoms with E-state index in [9.17, 15) is 9.59 Å². The van der Waals surface area contributed by atoms with Crippen LogP contribution in [0.25, 0.3) is 0 Å². The summed E-state index contributed by atoms with van der Waals surface area (Å²) in [4.78, 5) is 32.2. The number of hydrogen-bond donors (Lipinski definition) is 1. The molecule has 7 heteroatoms. The van der Waals surface area contributed by atoms with Crippen LogP contribution in [0.3, 0.4) is 0 Å². The van der Waals surface area contributed by atoms with Gasteiger partial charge in [-0.1, -0.05) is 6.07 Å². The van der Waals surface area contributed by atoms with Crippen LogP contribution >= 0.6 is 0 Å². The lowest BCUT2D eigenvalue weighted by atomic mass is 9.99. The SMILES string of the molecule is O=C(Nn1ccccc1=O)c1cnc(C2CCOCC2)nc1. The molecular weight excluding hydrogens is 284 g/mol. The van der Waals surface area contributed by atoms with E-state index in [2.05, 4.69) is 15.4 Å². The molecule has 3 heterocycles. The van der Waals surface area contributed by atoms with Crippen molar-refractivity contribution in [2.24, 2.45) is 0 Å². The molecule has 114 valence electrons. The van der Waals surface area contributed by atoms with Gasteiger partial charge in [-0.05, 0) is 18.9 Å². The van der Waals surface area contributed by atoms with Gasteiger partial charge >= 0.3 is 0 Å². The highest BCUT2D eigenvalue weighted by Gasteiger charge is 2.19. The fourth-order valence-electron chi connectivity index (χ4n) is 2.32. The predicted octanol–water partition coefficient (Wildman–Crippen LogP) is 0.916. The van der Waals surface area contributed by atoms with Crippen molar-refractivity contribution < 1.29 is 9.53 Å². The smallest absolute Gasteiger partial charge is 0.273 e. The quantitative estimate of drug-likeness (QED) is 0.910. The van der Waals surface area contributed by atoms with Crippen molar-refractivity contribution in [2.75, 3.05) is 18.6 Å². The normalized spacial score (nSPS) is 15.5. The number of amides is 1. The molecule has 7 nitrogen and oxygen atoms in total. The van der Waals surface area contributed by atoms with E-state index in [1.165, 1.54) is 24.7 Å². The third kappa shape index (κ3) is 3.20. The largest absolute Gasteiger partial charge is 0.381 e. The Morgan fingerprint density at radius 1 is 1.23 bits per heavy atom. The molecule has 1 N–H and O–H groups in total. The summed E-state index contributed by atoms with van der Waals surface area (Å²) in [5.41, 5.74) is 2.49. The van der Waals surface area contributed by atoms with Crippen LogP contribution in [0.2, 0.25) is 0 Å². The number of carbonyl (C=O) groups is 1. The molecule has 0 bridgehead atoms. The Morgan fingerprint density at radius 3 is 2.64 bits per heavy atom. The molecule has 0 radical (unpaired) electrons. The third-order valence-corrected chi connectivity index (χ3v) is 3.56. The summed E-state index contributed by atoms with van der Waals surface area (Å²) in [5.74, 6) is 0.589. The zero-order chi connectivity index (χ0) is 15.4. The lowest BCUT2D eigenvalue weighted by Crippen LogP contribution is -2.32. The van der Waals surface area contributed by atoms with Crippen LogP contribution in [0, 0.1) is 0 Å².